The molecular formula is C90H56Br4Cl8F6N14O9. The molecule has 0 saturated heterocycles. The number of fused-ring (bicyclic) bond motifs is 3. The minimum Gasteiger partial charge on any atom is -0.388 e. The minimum absolute atomic E-state index is 0.0428. The van der Waals surface area contributed by atoms with Crippen LogP contribution in [-0.4, -0.2) is 86.8 Å². The number of carbonyl (C=O) groups excluding carboxylic acids is 2. The van der Waals surface area contributed by atoms with Crippen LogP contribution in [-0.2, 0) is 12.8 Å². The van der Waals surface area contributed by atoms with E-state index in [9.17, 15) is 71.4 Å². The predicted molar refractivity (Wildman–Crippen MR) is 510 cm³/mol. The van der Waals surface area contributed by atoms with Crippen molar-refractivity contribution in [3.05, 3.63) is 394 Å². The molecule has 1 atom stereocenters. The number of benzene rings is 6. The van der Waals surface area contributed by atoms with Crippen LogP contribution in [0.2, 0.25) is 40.4 Å². The van der Waals surface area contributed by atoms with Gasteiger partial charge in [0.1, 0.15) is 80.7 Å². The van der Waals surface area contributed by atoms with Crippen LogP contribution in [0.25, 0.3) is 89.4 Å². The van der Waals surface area contributed by atoms with Crippen molar-refractivity contribution in [3.63, 3.8) is 0 Å². The SMILES string of the molecule is Cc1cc(Cl)ncc1-c1ccc2[nH]c(-c3c(F)cccc3Cl)cc2n1.Cc1cc(Cl)ncc1-c1ccc2[nH]c(-c3c(F)cccc3Cl)cc2n1.Cc1nc(Br)ccc1[N+](=O)[O-].Fc1cccc(Cl)c1-c1cc2nc(Br)ccc2[nH]1.O=C(Cc1nc(Br)ccc1[N+](=O)[O-])c1c(F)cccc1Cl.O=Cc1c(F)cccc1Cl.O=[N+]([O-])c1ccc(Br)nc1CC(O)c1c(F)cccc1Cl. The van der Waals surface area contributed by atoms with Crippen LogP contribution in [0.1, 0.15) is 60.6 Å². The minimum atomic E-state index is -1.33. The Morgan fingerprint density at radius 1 is 0.420 bits per heavy atom. The molecule has 131 heavy (non-hydrogen) atoms. The summed E-state index contributed by atoms with van der Waals surface area (Å²) < 4.78 is 84.1. The maximum absolute atomic E-state index is 14.2. The van der Waals surface area contributed by atoms with E-state index < -0.39 is 50.5 Å². The zero-order chi connectivity index (χ0) is 94.9. The number of nitrogens with one attached hydrogen (secondary N) is 3. The number of hydrogen-bond acceptors (Lipinski definition) is 17. The second-order valence-corrected chi connectivity index (χ2v) is 33.8. The van der Waals surface area contributed by atoms with E-state index in [-0.39, 0.29) is 84.1 Å². The molecule has 23 nitrogen and oxygen atoms in total. The summed E-state index contributed by atoms with van der Waals surface area (Å²) in [4.78, 5) is 95.8. The van der Waals surface area contributed by atoms with Crippen LogP contribution in [0.15, 0.2) is 243 Å². The van der Waals surface area contributed by atoms with Crippen molar-refractivity contribution in [1.82, 2.24) is 54.8 Å². The molecular weight excluding hydrogens is 2140 g/mol. The summed E-state index contributed by atoms with van der Waals surface area (Å²) in [5.41, 5.74) is 12.3. The van der Waals surface area contributed by atoms with E-state index in [1.807, 2.05) is 50.2 Å². The zero-order valence-corrected chi connectivity index (χ0v) is 79.3. The Bertz CT molecular complexity index is 6940. The maximum atomic E-state index is 14.2. The fraction of sp³-hybridized carbons (Fsp3) is 0.0667. The van der Waals surface area contributed by atoms with Crippen LogP contribution >= 0.6 is 157 Å². The van der Waals surface area contributed by atoms with Crippen molar-refractivity contribution in [1.29, 1.82) is 0 Å². The van der Waals surface area contributed by atoms with Gasteiger partial charge < -0.3 is 20.1 Å². The summed E-state index contributed by atoms with van der Waals surface area (Å²) in [5.74, 6) is -3.81. The van der Waals surface area contributed by atoms with Crippen LogP contribution in [0.4, 0.5) is 43.4 Å². The van der Waals surface area contributed by atoms with Gasteiger partial charge in [0, 0.05) is 58.7 Å². The van der Waals surface area contributed by atoms with Crippen molar-refractivity contribution in [2.45, 2.75) is 39.7 Å². The Morgan fingerprint density at radius 2 is 0.779 bits per heavy atom. The standard InChI is InChI=1S/2C19H12Cl2FN3.C13H9BrClFN2O3.C13H7BrClFN2O3.C13H7BrClFN2.C7H4ClFO.C6H5BrN2O2/c2*1-10-7-18(21)23-9-11(10)14-5-6-15-16(24-14)8-17(25-15)19-12(20)3-2-4-13(19)22;2*14-12-5-4-10(18(20)21)9(17-12)6-11(19)13-7(15)2-1-3-8(13)16;14-12-5-4-9-10(18-12)6-11(17-9)13-7(15)2-1-3-8(13)16;8-6-2-1-3-7(9)5(6)4-10;1-4-5(9(10)11)2-3-6(7)8-4/h2*2-9,25H,1H3;1-5,11,19H,6H2;1-5H,6H2;1-6,17H;1-4H;2-3H,1H3. The number of hydrogen-bond donors (Lipinski definition) is 4. The molecule has 17 rings (SSSR count). The van der Waals surface area contributed by atoms with E-state index in [4.69, 9.17) is 92.8 Å². The lowest BCUT2D eigenvalue weighted by atomic mass is 10.0. The number of halogens is 18. The molecule has 4 N–H and O–H groups in total. The number of H-pyrrole nitrogens is 3. The number of aldehydes is 1. The number of aromatic amines is 3. The maximum Gasteiger partial charge on any atom is 0.291 e. The van der Waals surface area contributed by atoms with E-state index in [2.05, 4.69) is 119 Å². The monoisotopic (exact) mass is 2190 g/mol. The van der Waals surface area contributed by atoms with Gasteiger partial charge in [-0.15, -0.1) is 0 Å². The molecule has 0 amide bonds. The Labute approximate surface area is 812 Å². The van der Waals surface area contributed by atoms with Gasteiger partial charge in [-0.05, 0) is 253 Å². The molecule has 0 radical (unpaired) electrons. The second kappa shape index (κ2) is 45.5. The Balaban J connectivity index is 0.000000150. The van der Waals surface area contributed by atoms with Gasteiger partial charge in [0.2, 0.25) is 0 Å². The third-order valence-electron chi connectivity index (χ3n) is 18.6. The predicted octanol–water partition coefficient (Wildman–Crippen LogP) is 29.0. The molecule has 1 unspecified atom stereocenters. The van der Waals surface area contributed by atoms with Crippen molar-refractivity contribution in [3.8, 4) is 56.3 Å². The second-order valence-electron chi connectivity index (χ2n) is 27.3. The molecule has 0 fully saturated rings. The topological polar surface area (TPSA) is 334 Å². The lowest BCUT2D eigenvalue weighted by Crippen LogP contribution is -2.10. The summed E-state index contributed by atoms with van der Waals surface area (Å²) >= 11 is 59.9. The van der Waals surface area contributed by atoms with Gasteiger partial charge in [-0.2, -0.15) is 0 Å². The normalized spacial score (nSPS) is 10.9. The first-order valence-corrected chi connectivity index (χ1v) is 43.6. The fourth-order valence-corrected chi connectivity index (χ4v) is 16.0. The van der Waals surface area contributed by atoms with E-state index in [1.165, 1.54) is 91.0 Å². The molecule has 0 aliphatic carbocycles. The van der Waals surface area contributed by atoms with Crippen LogP contribution in [0, 0.1) is 86.0 Å². The molecule has 0 aliphatic rings. The number of aryl methyl sites for hydroxylation is 3. The third kappa shape index (κ3) is 25.6. The van der Waals surface area contributed by atoms with Crippen LogP contribution < -0.4 is 0 Å². The number of nitro groups is 3. The van der Waals surface area contributed by atoms with E-state index in [0.29, 0.717) is 84.9 Å². The van der Waals surface area contributed by atoms with Crippen molar-refractivity contribution < 1.29 is 55.8 Å². The molecule has 41 heteroatoms. The van der Waals surface area contributed by atoms with E-state index >= 15 is 0 Å². The third-order valence-corrected chi connectivity index (χ3v) is 22.7. The van der Waals surface area contributed by atoms with Crippen molar-refractivity contribution in [2.75, 3.05) is 0 Å². The van der Waals surface area contributed by atoms with Crippen LogP contribution in [0.5, 0.6) is 0 Å². The highest BCUT2D eigenvalue weighted by Crippen LogP contribution is 2.39. The van der Waals surface area contributed by atoms with Gasteiger partial charge >= 0.3 is 0 Å². The molecule has 6 aromatic carbocycles. The largest absolute Gasteiger partial charge is 0.388 e. The number of rotatable bonds is 15. The Hall–Kier alpha value is -11.5. The first kappa shape index (κ1) is 100. The Kier molecular flexibility index (Phi) is 34.8. The number of aliphatic hydroxyl groups excluding tert-OH is 1. The van der Waals surface area contributed by atoms with Gasteiger partial charge in [-0.25, -0.2) is 66.2 Å². The average molecular weight is 2190 g/mol. The summed E-state index contributed by atoms with van der Waals surface area (Å²) in [6, 6.07) is 54.4. The molecule has 0 spiro atoms. The first-order chi connectivity index (χ1) is 62.4. The number of carbonyl (C=O) groups is 2. The summed E-state index contributed by atoms with van der Waals surface area (Å²) in [5, 5.41) is 44.4. The number of ketones is 1. The van der Waals surface area contributed by atoms with Gasteiger partial charge in [-0.1, -0.05) is 129 Å². The number of pyridine rings is 8. The Morgan fingerprint density at radius 3 is 1.18 bits per heavy atom. The van der Waals surface area contributed by atoms with Gasteiger partial charge in [0.05, 0.1) is 142 Å². The number of aromatic nitrogens is 11. The van der Waals surface area contributed by atoms with Gasteiger partial charge in [0.15, 0.2) is 12.1 Å². The number of Topliss-reactive ketones (excluding diaryl/α,β-unsaturated/α-hetero) is 1. The fourth-order valence-electron chi connectivity index (χ4n) is 12.6. The van der Waals surface area contributed by atoms with Crippen molar-refractivity contribution in [2.24, 2.45) is 0 Å². The van der Waals surface area contributed by atoms with Gasteiger partial charge in [0.25, 0.3) is 17.1 Å². The van der Waals surface area contributed by atoms with Gasteiger partial charge in [-0.3, -0.25) is 39.9 Å². The van der Waals surface area contributed by atoms with E-state index in [0.717, 1.165) is 83.5 Å². The highest BCUT2D eigenvalue weighted by Gasteiger charge is 2.27. The number of aliphatic hydroxyl groups is 1. The quantitative estimate of drug-likeness (QED) is 0.0185. The zero-order valence-electron chi connectivity index (χ0n) is 66.9. The molecule has 0 bridgehead atoms. The molecule has 0 saturated carbocycles. The van der Waals surface area contributed by atoms with Crippen molar-refractivity contribution >= 4 is 219 Å². The van der Waals surface area contributed by atoms with E-state index in [1.54, 1.807) is 92.1 Å². The highest BCUT2D eigenvalue weighted by atomic mass is 79.9. The molecule has 11 heterocycles. The molecule has 17 aromatic rings. The summed E-state index contributed by atoms with van der Waals surface area (Å²) in [6.45, 7) is 5.51. The smallest absolute Gasteiger partial charge is 0.291 e. The molecule has 0 aliphatic heterocycles. The lowest BCUT2D eigenvalue weighted by molar-refractivity contribution is -0.386. The molecule has 666 valence electrons. The highest BCUT2D eigenvalue weighted by molar-refractivity contribution is 9.11. The summed E-state index contributed by atoms with van der Waals surface area (Å²) in [6.07, 6.45) is 1.82. The first-order valence-electron chi connectivity index (χ1n) is 37.5. The number of nitrogens with zero attached hydrogens (tertiary/aromatic N) is 11. The van der Waals surface area contributed by atoms with Crippen LogP contribution in [0.3, 0.4) is 0 Å². The summed E-state index contributed by atoms with van der Waals surface area (Å²) in [7, 11) is 0. The average Bonchev–Trinajstić information content (AvgIpc) is 1.62. The molecule has 11 aromatic heterocycles. The lowest BCUT2D eigenvalue weighted by Gasteiger charge is -2.13.